The highest BCUT2D eigenvalue weighted by atomic mass is 32.2. The third-order valence-electron chi connectivity index (χ3n) is 10.4. The van der Waals surface area contributed by atoms with E-state index >= 15 is 0 Å². The lowest BCUT2D eigenvalue weighted by Crippen LogP contribution is -2.45. The van der Waals surface area contributed by atoms with E-state index in [1.54, 1.807) is 12.1 Å². The lowest BCUT2D eigenvalue weighted by molar-refractivity contribution is -0.139. The monoisotopic (exact) mass is 666 g/mol. The molecule has 2 fully saturated rings. The molecule has 0 radical (unpaired) electrons. The molecule has 7 nitrogen and oxygen atoms in total. The van der Waals surface area contributed by atoms with Crippen LogP contribution in [0.25, 0.3) is 11.3 Å². The number of piperidine rings is 1. The van der Waals surface area contributed by atoms with Gasteiger partial charge in [0, 0.05) is 105 Å². The maximum absolute atomic E-state index is 14.1. The third-order valence-corrected chi connectivity index (χ3v) is 11.4. The van der Waals surface area contributed by atoms with Crippen molar-refractivity contribution >= 4 is 17.7 Å². The van der Waals surface area contributed by atoms with Gasteiger partial charge in [-0.1, -0.05) is 30.3 Å². The van der Waals surface area contributed by atoms with Crippen LogP contribution in [0.1, 0.15) is 60.1 Å². The van der Waals surface area contributed by atoms with Gasteiger partial charge in [0.1, 0.15) is 0 Å². The molecule has 0 saturated carbocycles. The zero-order valence-electron chi connectivity index (χ0n) is 27.0. The Balaban J connectivity index is 1.01. The molecule has 11 heteroatoms. The van der Waals surface area contributed by atoms with Crippen LogP contribution in [0.5, 0.6) is 0 Å². The molecule has 0 unspecified atom stereocenters. The number of thioether (sulfide) groups is 1. The van der Waals surface area contributed by atoms with Gasteiger partial charge in [-0.3, -0.25) is 14.4 Å². The van der Waals surface area contributed by atoms with Crippen LogP contribution in [-0.2, 0) is 43.4 Å². The topological polar surface area (TPSA) is 56.6 Å². The number of benzene rings is 2. The Bertz CT molecular complexity index is 1570. The molecule has 2 aromatic carbocycles. The van der Waals surface area contributed by atoms with Crippen molar-refractivity contribution in [1.29, 1.82) is 0 Å². The molecule has 0 bridgehead atoms. The minimum atomic E-state index is -4.41. The summed E-state index contributed by atoms with van der Waals surface area (Å²) in [7, 11) is 0. The van der Waals surface area contributed by atoms with Crippen LogP contribution in [0.15, 0.2) is 47.4 Å². The minimum absolute atomic E-state index is 0.276. The van der Waals surface area contributed by atoms with Crippen LogP contribution in [0.2, 0.25) is 0 Å². The number of carbonyl (C=O) groups is 1. The Morgan fingerprint density at radius 1 is 0.915 bits per heavy atom. The number of fused-ring (bicyclic) bond motifs is 2. The quantitative estimate of drug-likeness (QED) is 0.275. The molecule has 2 saturated heterocycles. The van der Waals surface area contributed by atoms with Gasteiger partial charge >= 0.3 is 6.18 Å². The van der Waals surface area contributed by atoms with Gasteiger partial charge in [-0.25, -0.2) is 0 Å². The maximum Gasteiger partial charge on any atom is 0.417 e. The van der Waals surface area contributed by atoms with Crippen molar-refractivity contribution in [3.8, 4) is 11.3 Å². The Hall–Kier alpha value is -2.86. The summed E-state index contributed by atoms with van der Waals surface area (Å²) in [6.07, 6.45) is 2.16. The predicted octanol–water partition coefficient (Wildman–Crippen LogP) is 5.84. The van der Waals surface area contributed by atoms with Crippen LogP contribution in [0.4, 0.5) is 13.2 Å². The zero-order valence-corrected chi connectivity index (χ0v) is 27.8. The SMILES string of the molecule is O=C1CCCN1C1CCN(CCCn2nc(-c3ccc(C(F)(F)F)c(SCCN4CCc5ccccc5C4)c3)c3c2CCNC3)CC1. The molecule has 252 valence electrons. The van der Waals surface area contributed by atoms with E-state index in [1.807, 2.05) is 0 Å². The fourth-order valence-corrected chi connectivity index (χ4v) is 8.96. The molecule has 1 aromatic heterocycles. The van der Waals surface area contributed by atoms with E-state index in [0.29, 0.717) is 30.7 Å². The summed E-state index contributed by atoms with van der Waals surface area (Å²) in [5.41, 5.74) is 5.97. The van der Waals surface area contributed by atoms with E-state index in [-0.39, 0.29) is 4.90 Å². The number of rotatable bonds is 10. The molecule has 47 heavy (non-hydrogen) atoms. The number of likely N-dealkylation sites (tertiary alicyclic amines) is 2. The normalized spacial score (nSPS) is 19.7. The fourth-order valence-electron chi connectivity index (χ4n) is 7.84. The van der Waals surface area contributed by atoms with Crippen LogP contribution in [0, 0.1) is 0 Å². The van der Waals surface area contributed by atoms with Gasteiger partial charge in [0.15, 0.2) is 0 Å². The number of hydrogen-bond donors (Lipinski definition) is 1. The van der Waals surface area contributed by atoms with Crippen molar-refractivity contribution in [2.24, 2.45) is 0 Å². The van der Waals surface area contributed by atoms with Gasteiger partial charge in [-0.05, 0) is 61.9 Å². The molecule has 0 aliphatic carbocycles. The number of aryl methyl sites for hydroxylation is 1. The second kappa shape index (κ2) is 14.3. The third kappa shape index (κ3) is 7.43. The average Bonchev–Trinajstić information content (AvgIpc) is 3.68. The molecular weight excluding hydrogens is 621 g/mol. The first-order chi connectivity index (χ1) is 22.8. The van der Waals surface area contributed by atoms with E-state index in [4.69, 9.17) is 5.10 Å². The average molecular weight is 667 g/mol. The maximum atomic E-state index is 14.1. The standard InChI is InChI=1S/C36H45F3N6OS/c37-36(38,39)31-9-8-27(23-33(31)47-22-21-43-18-11-26-5-1-2-6-28(26)25-43)35-30-24-40-14-10-32(30)45(41-35)17-4-15-42-19-12-29(13-20-42)44-16-3-7-34(44)46/h1-2,5-6,8-9,23,29,40H,3-4,7,10-22,24-25H2. The van der Waals surface area contributed by atoms with Gasteiger partial charge in [0.2, 0.25) is 5.91 Å². The van der Waals surface area contributed by atoms with Crippen molar-refractivity contribution in [1.82, 2.24) is 29.8 Å². The fraction of sp³-hybridized carbons (Fsp3) is 0.556. The highest BCUT2D eigenvalue weighted by molar-refractivity contribution is 7.99. The summed E-state index contributed by atoms with van der Waals surface area (Å²) in [5.74, 6) is 0.911. The summed E-state index contributed by atoms with van der Waals surface area (Å²) in [5, 5.41) is 8.49. The van der Waals surface area contributed by atoms with E-state index < -0.39 is 11.7 Å². The molecule has 1 amide bonds. The Labute approximate surface area is 279 Å². The van der Waals surface area contributed by atoms with Crippen LogP contribution >= 0.6 is 11.8 Å². The first-order valence-corrected chi connectivity index (χ1v) is 18.3. The smallest absolute Gasteiger partial charge is 0.340 e. The molecular formula is C36H45F3N6OS. The second-order valence-corrected chi connectivity index (χ2v) is 14.5. The minimum Gasteiger partial charge on any atom is -0.340 e. The molecule has 4 aliphatic rings. The van der Waals surface area contributed by atoms with Crippen molar-refractivity contribution in [3.63, 3.8) is 0 Å². The number of nitrogens with one attached hydrogen (secondary N) is 1. The number of alkyl halides is 3. The van der Waals surface area contributed by atoms with Gasteiger partial charge in [0.25, 0.3) is 0 Å². The van der Waals surface area contributed by atoms with Gasteiger partial charge < -0.3 is 15.1 Å². The van der Waals surface area contributed by atoms with Crippen LogP contribution in [0.3, 0.4) is 0 Å². The summed E-state index contributed by atoms with van der Waals surface area (Å²) in [4.78, 5) is 19.4. The second-order valence-electron chi connectivity index (χ2n) is 13.4. The number of nitrogens with zero attached hydrogens (tertiary/aromatic N) is 5. The van der Waals surface area contributed by atoms with E-state index in [9.17, 15) is 18.0 Å². The van der Waals surface area contributed by atoms with Crippen molar-refractivity contribution < 1.29 is 18.0 Å². The van der Waals surface area contributed by atoms with Gasteiger partial charge in [-0.2, -0.15) is 18.3 Å². The first-order valence-electron chi connectivity index (χ1n) is 17.3. The Morgan fingerprint density at radius 3 is 2.53 bits per heavy atom. The molecule has 3 aromatic rings. The number of amides is 1. The molecule has 0 atom stereocenters. The predicted molar refractivity (Wildman–Crippen MR) is 179 cm³/mol. The van der Waals surface area contributed by atoms with Crippen molar-refractivity contribution in [2.45, 2.75) is 81.7 Å². The number of halogens is 3. The van der Waals surface area contributed by atoms with Crippen LogP contribution in [-0.4, -0.2) is 88.0 Å². The van der Waals surface area contributed by atoms with Crippen LogP contribution < -0.4 is 5.32 Å². The lowest BCUT2D eigenvalue weighted by Gasteiger charge is -2.36. The number of aromatic nitrogens is 2. The van der Waals surface area contributed by atoms with E-state index in [0.717, 1.165) is 114 Å². The largest absolute Gasteiger partial charge is 0.417 e. The van der Waals surface area contributed by atoms with E-state index in [2.05, 4.69) is 49.0 Å². The van der Waals surface area contributed by atoms with E-state index in [1.165, 1.54) is 34.6 Å². The number of hydrogen-bond acceptors (Lipinski definition) is 6. The summed E-state index contributed by atoms with van der Waals surface area (Å²) in [6.45, 7) is 8.76. The first kappa shape index (κ1) is 32.7. The molecule has 0 spiro atoms. The molecule has 5 heterocycles. The summed E-state index contributed by atoms with van der Waals surface area (Å²) < 4.78 is 44.5. The van der Waals surface area contributed by atoms with Gasteiger partial charge in [-0.15, -0.1) is 11.8 Å². The highest BCUT2D eigenvalue weighted by Crippen LogP contribution is 2.40. The number of carbonyl (C=O) groups excluding carboxylic acids is 1. The Morgan fingerprint density at radius 2 is 1.74 bits per heavy atom. The highest BCUT2D eigenvalue weighted by Gasteiger charge is 2.34. The summed E-state index contributed by atoms with van der Waals surface area (Å²) >= 11 is 1.30. The van der Waals surface area contributed by atoms with Gasteiger partial charge in [0.05, 0.1) is 11.3 Å². The molecule has 7 rings (SSSR count). The molecule has 4 aliphatic heterocycles. The Kier molecular flexibility index (Phi) is 9.96. The lowest BCUT2D eigenvalue weighted by atomic mass is 10.0. The zero-order chi connectivity index (χ0) is 32.4. The summed E-state index contributed by atoms with van der Waals surface area (Å²) in [6, 6.07) is 13.4. The van der Waals surface area contributed by atoms with Crippen molar-refractivity contribution in [2.75, 3.05) is 51.6 Å². The molecule has 1 N–H and O–H groups in total. The van der Waals surface area contributed by atoms with Crippen molar-refractivity contribution in [3.05, 3.63) is 70.4 Å².